The van der Waals surface area contributed by atoms with Gasteiger partial charge in [0.2, 0.25) is 0 Å². The van der Waals surface area contributed by atoms with Crippen LogP contribution in [-0.4, -0.2) is 27.4 Å². The highest BCUT2D eigenvalue weighted by molar-refractivity contribution is 5.90. The van der Waals surface area contributed by atoms with Gasteiger partial charge in [-0.1, -0.05) is 0 Å². The molecule has 2 rings (SSSR count). The van der Waals surface area contributed by atoms with Crippen molar-refractivity contribution in [2.45, 2.75) is 32.9 Å². The van der Waals surface area contributed by atoms with Crippen LogP contribution in [0.5, 0.6) is 5.75 Å². The highest BCUT2D eigenvalue weighted by Crippen LogP contribution is 2.32. The van der Waals surface area contributed by atoms with Gasteiger partial charge in [0.15, 0.2) is 6.10 Å². The van der Waals surface area contributed by atoms with Crippen molar-refractivity contribution in [1.29, 1.82) is 0 Å². The van der Waals surface area contributed by atoms with Gasteiger partial charge in [-0.3, -0.25) is 0 Å². The molecule has 5 nitrogen and oxygen atoms in total. The van der Waals surface area contributed by atoms with E-state index < -0.39 is 12.1 Å². The topological polar surface area (TPSA) is 71.7 Å². The van der Waals surface area contributed by atoms with E-state index in [-0.39, 0.29) is 18.4 Å². The van der Waals surface area contributed by atoms with Gasteiger partial charge >= 0.3 is 5.97 Å². The number of esters is 1. The summed E-state index contributed by atoms with van der Waals surface area (Å²) in [5, 5.41) is 20.4. The zero-order valence-electron chi connectivity index (χ0n) is 11.8. The van der Waals surface area contributed by atoms with E-state index in [0.717, 1.165) is 5.52 Å². The average Bonchev–Trinajstić information content (AvgIpc) is 2.76. The Morgan fingerprint density at radius 2 is 2.10 bits per heavy atom. The van der Waals surface area contributed by atoms with Crippen LogP contribution in [0.25, 0.3) is 10.9 Å². The molecule has 2 N–H and O–H groups in total. The molecule has 0 amide bonds. The van der Waals surface area contributed by atoms with Gasteiger partial charge in [-0.15, -0.1) is 0 Å². The maximum atomic E-state index is 11.7. The molecule has 0 radical (unpaired) electrons. The molecule has 0 aliphatic heterocycles. The summed E-state index contributed by atoms with van der Waals surface area (Å²) in [5.41, 5.74) is 1.30. The lowest BCUT2D eigenvalue weighted by molar-refractivity contribution is -0.153. The summed E-state index contributed by atoms with van der Waals surface area (Å²) in [7, 11) is 0. The molecular weight excluding hydrogens is 258 g/mol. The zero-order chi connectivity index (χ0) is 14.9. The van der Waals surface area contributed by atoms with Crippen LogP contribution < -0.4 is 0 Å². The largest absolute Gasteiger partial charge is 0.508 e. The highest BCUT2D eigenvalue weighted by Gasteiger charge is 2.24. The molecule has 1 unspecified atom stereocenters. The van der Waals surface area contributed by atoms with Crippen LogP contribution in [-0.2, 0) is 9.53 Å². The predicted molar refractivity (Wildman–Crippen MR) is 75.6 cm³/mol. The van der Waals surface area contributed by atoms with Crippen LogP contribution in [0.3, 0.4) is 0 Å². The lowest BCUT2D eigenvalue weighted by atomic mass is 10.1. The summed E-state index contributed by atoms with van der Waals surface area (Å²) >= 11 is 0. The third kappa shape index (κ3) is 2.49. The third-order valence-electron chi connectivity index (χ3n) is 3.21. The van der Waals surface area contributed by atoms with Gasteiger partial charge in [0.05, 0.1) is 6.61 Å². The molecule has 1 heterocycles. The Kier molecular flexibility index (Phi) is 3.99. The Bertz CT molecular complexity index is 630. The standard InChI is InChI=1S/C15H19NO4/c1-4-20-15(19)14(18)12-8-16(9(2)3)13-6-5-10(17)7-11(12)13/h5-9,14,17-18H,4H2,1-3H3. The van der Waals surface area contributed by atoms with E-state index in [1.165, 1.54) is 0 Å². The van der Waals surface area contributed by atoms with E-state index in [9.17, 15) is 15.0 Å². The molecule has 0 aliphatic carbocycles. The normalized spacial score (nSPS) is 12.8. The zero-order valence-corrected chi connectivity index (χ0v) is 11.8. The quantitative estimate of drug-likeness (QED) is 0.842. The number of fused-ring (bicyclic) bond motifs is 1. The summed E-state index contributed by atoms with van der Waals surface area (Å²) in [4.78, 5) is 11.7. The van der Waals surface area contributed by atoms with Crippen molar-refractivity contribution in [3.05, 3.63) is 30.0 Å². The number of benzene rings is 1. The van der Waals surface area contributed by atoms with Crippen LogP contribution in [0.15, 0.2) is 24.4 Å². The fraction of sp³-hybridized carbons (Fsp3) is 0.400. The number of nitrogens with zero attached hydrogens (tertiary/aromatic N) is 1. The Labute approximate surface area is 117 Å². The van der Waals surface area contributed by atoms with Crippen LogP contribution in [0.4, 0.5) is 0 Å². The second-order valence-electron chi connectivity index (χ2n) is 4.94. The Morgan fingerprint density at radius 3 is 2.70 bits per heavy atom. The molecule has 0 spiro atoms. The molecule has 1 aromatic heterocycles. The first-order valence-electron chi connectivity index (χ1n) is 6.63. The molecule has 1 atom stereocenters. The van der Waals surface area contributed by atoms with Crippen LogP contribution in [0.2, 0.25) is 0 Å². The minimum atomic E-state index is -1.35. The van der Waals surface area contributed by atoms with Crippen LogP contribution in [0, 0.1) is 0 Å². The number of aliphatic hydroxyl groups is 1. The number of hydrogen-bond acceptors (Lipinski definition) is 4. The molecule has 20 heavy (non-hydrogen) atoms. The third-order valence-corrected chi connectivity index (χ3v) is 3.21. The van der Waals surface area contributed by atoms with Crippen LogP contribution >= 0.6 is 0 Å². The summed E-state index contributed by atoms with van der Waals surface area (Å²) in [6, 6.07) is 5.07. The van der Waals surface area contributed by atoms with E-state index in [1.807, 2.05) is 18.4 Å². The lowest BCUT2D eigenvalue weighted by Gasteiger charge is -2.09. The fourth-order valence-corrected chi connectivity index (χ4v) is 2.26. The van der Waals surface area contributed by atoms with E-state index in [0.29, 0.717) is 10.9 Å². The Balaban J connectivity index is 2.57. The van der Waals surface area contributed by atoms with Gasteiger partial charge < -0.3 is 19.5 Å². The maximum Gasteiger partial charge on any atom is 0.339 e. The monoisotopic (exact) mass is 277 g/mol. The maximum absolute atomic E-state index is 11.7. The van der Waals surface area contributed by atoms with Gasteiger partial charge in [-0.25, -0.2) is 4.79 Å². The smallest absolute Gasteiger partial charge is 0.339 e. The molecule has 1 aromatic carbocycles. The van der Waals surface area contributed by atoms with Gasteiger partial charge in [0.1, 0.15) is 5.75 Å². The van der Waals surface area contributed by atoms with Crippen molar-refractivity contribution < 1.29 is 19.7 Å². The number of carbonyl (C=O) groups is 1. The molecule has 0 aliphatic rings. The number of phenols is 1. The van der Waals surface area contributed by atoms with Gasteiger partial charge in [-0.05, 0) is 39.0 Å². The van der Waals surface area contributed by atoms with E-state index >= 15 is 0 Å². The van der Waals surface area contributed by atoms with Gasteiger partial charge in [-0.2, -0.15) is 0 Å². The molecule has 5 heteroatoms. The average molecular weight is 277 g/mol. The van der Waals surface area contributed by atoms with E-state index in [2.05, 4.69) is 0 Å². The first-order valence-corrected chi connectivity index (χ1v) is 6.63. The number of rotatable bonds is 4. The fourth-order valence-electron chi connectivity index (χ4n) is 2.26. The summed E-state index contributed by atoms with van der Waals surface area (Å²) in [6.07, 6.45) is 0.385. The van der Waals surface area contributed by atoms with Gasteiger partial charge in [0.25, 0.3) is 0 Å². The first kappa shape index (κ1) is 14.4. The van der Waals surface area contributed by atoms with E-state index in [1.54, 1.807) is 31.3 Å². The lowest BCUT2D eigenvalue weighted by Crippen LogP contribution is -2.15. The molecule has 108 valence electrons. The molecule has 0 saturated carbocycles. The predicted octanol–water partition coefficient (Wildman–Crippen LogP) is 2.52. The van der Waals surface area contributed by atoms with Crippen molar-refractivity contribution in [3.63, 3.8) is 0 Å². The number of carbonyl (C=O) groups excluding carboxylic acids is 1. The summed E-state index contributed by atoms with van der Waals surface area (Å²) in [5.74, 6) is -0.588. The molecule has 0 bridgehead atoms. The number of phenolic OH excluding ortho intramolecular Hbond substituents is 1. The van der Waals surface area contributed by atoms with Crippen LogP contribution in [0.1, 0.15) is 38.5 Å². The summed E-state index contributed by atoms with van der Waals surface area (Å²) < 4.78 is 6.80. The molecular formula is C15H19NO4. The van der Waals surface area contributed by atoms with Gasteiger partial charge in [0, 0.05) is 28.7 Å². The Morgan fingerprint density at radius 1 is 1.40 bits per heavy atom. The minimum Gasteiger partial charge on any atom is -0.508 e. The first-order chi connectivity index (χ1) is 9.45. The van der Waals surface area contributed by atoms with E-state index in [4.69, 9.17) is 4.74 Å². The molecule has 0 saturated heterocycles. The minimum absolute atomic E-state index is 0.0938. The second kappa shape index (κ2) is 5.54. The number of aromatic nitrogens is 1. The molecule has 0 fully saturated rings. The van der Waals surface area contributed by atoms with Crippen molar-refractivity contribution in [3.8, 4) is 5.75 Å². The number of ether oxygens (including phenoxy) is 1. The van der Waals surface area contributed by atoms with Crippen molar-refractivity contribution in [2.75, 3.05) is 6.61 Å². The van der Waals surface area contributed by atoms with Crippen molar-refractivity contribution >= 4 is 16.9 Å². The molecule has 2 aromatic rings. The SMILES string of the molecule is CCOC(=O)C(O)c1cn(C(C)C)c2ccc(O)cc12. The van der Waals surface area contributed by atoms with Crippen molar-refractivity contribution in [1.82, 2.24) is 4.57 Å². The Hall–Kier alpha value is -2.01. The van der Waals surface area contributed by atoms with Crippen molar-refractivity contribution in [2.24, 2.45) is 0 Å². The number of hydrogen-bond donors (Lipinski definition) is 2. The highest BCUT2D eigenvalue weighted by atomic mass is 16.5. The second-order valence-corrected chi connectivity index (χ2v) is 4.94. The summed E-state index contributed by atoms with van der Waals surface area (Å²) in [6.45, 7) is 5.91. The number of aliphatic hydroxyl groups excluding tert-OH is 1. The number of aromatic hydroxyl groups is 1.